The fourth-order valence-electron chi connectivity index (χ4n) is 5.73. The Balaban J connectivity index is 1.49. The fourth-order valence-corrected chi connectivity index (χ4v) is 5.97. The molecule has 0 saturated heterocycles. The molecule has 1 aliphatic rings. The first kappa shape index (κ1) is 27.1. The minimum Gasteiger partial charge on any atom is -0.330 e. The van der Waals surface area contributed by atoms with Gasteiger partial charge in [-0.05, 0) is 80.6 Å². The van der Waals surface area contributed by atoms with Crippen LogP contribution < -0.4 is 5.56 Å². The SMILES string of the molecule is Cc1cc(C(=O)N2Cc3c(c(=O)n(-c4ccc(-c5nncn5C)cc4)c4c(CC(C)C)cnn34)CC2C)ccc1Br. The Labute approximate surface area is 246 Å². The summed E-state index contributed by atoms with van der Waals surface area (Å²) in [4.78, 5) is 29.8. The molecular weight excluding hydrogens is 582 g/mol. The molecule has 2 aromatic carbocycles. The molecule has 1 amide bonds. The second-order valence-electron chi connectivity index (χ2n) is 11.3. The first-order valence-corrected chi connectivity index (χ1v) is 14.6. The van der Waals surface area contributed by atoms with Gasteiger partial charge in [0, 0.05) is 39.8 Å². The predicted molar refractivity (Wildman–Crippen MR) is 161 cm³/mol. The van der Waals surface area contributed by atoms with Crippen molar-refractivity contribution in [3.63, 3.8) is 0 Å². The molecule has 10 heteroatoms. The van der Waals surface area contributed by atoms with E-state index in [1.807, 2.05) is 83.5 Å². The summed E-state index contributed by atoms with van der Waals surface area (Å²) >= 11 is 3.52. The number of aryl methyl sites for hydroxylation is 2. The average Bonchev–Trinajstić information content (AvgIpc) is 3.56. The standard InChI is InChI=1S/C31H32BrN7O2/c1-18(2)12-23-15-34-39-27-16-37(30(40)22-8-11-26(32)19(3)13-22)20(4)14-25(27)31(41)38(29(23)39)24-9-6-21(7-10-24)28-35-33-17-36(28)5/h6-11,13,15,17-18,20H,12,14,16H2,1-5H3. The van der Waals surface area contributed by atoms with Crippen LogP contribution in [0.5, 0.6) is 0 Å². The average molecular weight is 615 g/mol. The Bertz CT molecular complexity index is 1850. The van der Waals surface area contributed by atoms with Gasteiger partial charge in [0.25, 0.3) is 11.5 Å². The number of carbonyl (C=O) groups excluding carboxylic acids is 1. The highest BCUT2D eigenvalue weighted by atomic mass is 79.9. The summed E-state index contributed by atoms with van der Waals surface area (Å²) in [5.41, 5.74) is 6.45. The first-order valence-electron chi connectivity index (χ1n) is 13.8. The lowest BCUT2D eigenvalue weighted by Gasteiger charge is -2.35. The molecule has 0 radical (unpaired) electrons. The van der Waals surface area contributed by atoms with E-state index in [4.69, 9.17) is 5.10 Å². The maximum absolute atomic E-state index is 14.3. The molecule has 1 unspecified atom stereocenters. The predicted octanol–water partition coefficient (Wildman–Crippen LogP) is 5.14. The van der Waals surface area contributed by atoms with Crippen molar-refractivity contribution < 1.29 is 4.79 Å². The van der Waals surface area contributed by atoms with Gasteiger partial charge in [-0.1, -0.05) is 29.8 Å². The third-order valence-electron chi connectivity index (χ3n) is 7.83. The summed E-state index contributed by atoms with van der Waals surface area (Å²) in [7, 11) is 1.90. The van der Waals surface area contributed by atoms with E-state index in [1.54, 1.807) is 10.9 Å². The number of benzene rings is 2. The molecule has 9 nitrogen and oxygen atoms in total. The zero-order chi connectivity index (χ0) is 29.0. The van der Waals surface area contributed by atoms with Crippen LogP contribution in [0.25, 0.3) is 22.7 Å². The Morgan fingerprint density at radius 3 is 2.56 bits per heavy atom. The highest BCUT2D eigenvalue weighted by Gasteiger charge is 2.33. The number of nitrogens with zero attached hydrogens (tertiary/aromatic N) is 7. The maximum Gasteiger partial charge on any atom is 0.261 e. The number of aromatic nitrogens is 6. The zero-order valence-corrected chi connectivity index (χ0v) is 25.4. The summed E-state index contributed by atoms with van der Waals surface area (Å²) in [5, 5.41) is 13.0. The molecule has 0 spiro atoms. The minimum atomic E-state index is -0.151. The van der Waals surface area contributed by atoms with Gasteiger partial charge < -0.3 is 9.47 Å². The lowest BCUT2D eigenvalue weighted by molar-refractivity contribution is 0.0651. The molecule has 0 aliphatic carbocycles. The molecule has 0 saturated carbocycles. The molecule has 210 valence electrons. The van der Waals surface area contributed by atoms with Crippen molar-refractivity contribution in [1.29, 1.82) is 0 Å². The summed E-state index contributed by atoms with van der Waals surface area (Å²) in [5.74, 6) is 1.08. The zero-order valence-electron chi connectivity index (χ0n) is 23.8. The largest absolute Gasteiger partial charge is 0.330 e. The van der Waals surface area contributed by atoms with Crippen LogP contribution in [0.3, 0.4) is 0 Å². The third-order valence-corrected chi connectivity index (χ3v) is 8.72. The summed E-state index contributed by atoms with van der Waals surface area (Å²) in [6.45, 7) is 8.60. The number of rotatable bonds is 5. The smallest absolute Gasteiger partial charge is 0.261 e. The van der Waals surface area contributed by atoms with Gasteiger partial charge in [0.2, 0.25) is 0 Å². The monoisotopic (exact) mass is 613 g/mol. The molecule has 0 fully saturated rings. The first-order chi connectivity index (χ1) is 19.6. The van der Waals surface area contributed by atoms with Crippen LogP contribution in [0.2, 0.25) is 0 Å². The molecule has 1 atom stereocenters. The highest BCUT2D eigenvalue weighted by Crippen LogP contribution is 2.28. The van der Waals surface area contributed by atoms with Gasteiger partial charge in [-0.25, -0.2) is 4.52 Å². The van der Waals surface area contributed by atoms with Crippen LogP contribution >= 0.6 is 15.9 Å². The van der Waals surface area contributed by atoms with Crippen LogP contribution in [0.4, 0.5) is 0 Å². The van der Waals surface area contributed by atoms with E-state index >= 15 is 0 Å². The van der Waals surface area contributed by atoms with E-state index in [9.17, 15) is 9.59 Å². The molecule has 4 heterocycles. The van der Waals surface area contributed by atoms with Crippen molar-refractivity contribution in [1.82, 2.24) is 33.8 Å². The number of amides is 1. The maximum atomic E-state index is 14.3. The summed E-state index contributed by atoms with van der Waals surface area (Å²) < 4.78 is 6.49. The lowest BCUT2D eigenvalue weighted by atomic mass is 9.97. The Kier molecular flexibility index (Phi) is 6.89. The van der Waals surface area contributed by atoms with Gasteiger partial charge in [-0.2, -0.15) is 5.10 Å². The van der Waals surface area contributed by atoms with Crippen LogP contribution in [0.15, 0.2) is 64.3 Å². The number of hydrogen-bond donors (Lipinski definition) is 0. The van der Waals surface area contributed by atoms with Crippen molar-refractivity contribution in [3.8, 4) is 17.1 Å². The van der Waals surface area contributed by atoms with E-state index in [1.165, 1.54) is 0 Å². The van der Waals surface area contributed by atoms with Gasteiger partial charge in [-0.15, -0.1) is 10.2 Å². The second-order valence-corrected chi connectivity index (χ2v) is 12.2. The topological polar surface area (TPSA) is 90.3 Å². The molecule has 41 heavy (non-hydrogen) atoms. The van der Waals surface area contributed by atoms with E-state index < -0.39 is 0 Å². The molecule has 3 aromatic heterocycles. The van der Waals surface area contributed by atoms with Gasteiger partial charge in [0.1, 0.15) is 12.0 Å². The van der Waals surface area contributed by atoms with E-state index in [0.717, 1.165) is 50.4 Å². The lowest BCUT2D eigenvalue weighted by Crippen LogP contribution is -2.46. The Hall–Kier alpha value is -4.05. The van der Waals surface area contributed by atoms with Gasteiger partial charge in [-0.3, -0.25) is 14.2 Å². The number of carbonyl (C=O) groups is 1. The number of fused-ring (bicyclic) bond motifs is 3. The molecule has 0 bridgehead atoms. The number of halogens is 1. The van der Waals surface area contributed by atoms with Crippen molar-refractivity contribution in [2.75, 3.05) is 0 Å². The van der Waals surface area contributed by atoms with Gasteiger partial charge in [0.15, 0.2) is 5.82 Å². The van der Waals surface area contributed by atoms with Crippen molar-refractivity contribution in [3.05, 3.63) is 97.8 Å². The van der Waals surface area contributed by atoms with Gasteiger partial charge >= 0.3 is 0 Å². The van der Waals surface area contributed by atoms with Crippen LogP contribution in [-0.4, -0.2) is 45.8 Å². The summed E-state index contributed by atoms with van der Waals surface area (Å²) in [6.07, 6.45) is 4.75. The Morgan fingerprint density at radius 2 is 1.90 bits per heavy atom. The second kappa shape index (κ2) is 10.4. The van der Waals surface area contributed by atoms with Crippen LogP contribution in [0.1, 0.15) is 53.5 Å². The van der Waals surface area contributed by atoms with Crippen molar-refractivity contribution in [2.24, 2.45) is 13.0 Å². The quantitative estimate of drug-likeness (QED) is 0.274. The van der Waals surface area contributed by atoms with Crippen LogP contribution in [-0.2, 0) is 26.4 Å². The molecule has 5 aromatic rings. The fraction of sp³-hybridized carbons (Fsp3) is 0.323. The van der Waals surface area contributed by atoms with E-state index in [-0.39, 0.29) is 17.5 Å². The molecule has 0 N–H and O–H groups in total. The third kappa shape index (κ3) is 4.69. The normalized spacial score (nSPS) is 15.1. The number of hydrogen-bond acceptors (Lipinski definition) is 5. The van der Waals surface area contributed by atoms with E-state index in [2.05, 4.69) is 40.0 Å². The van der Waals surface area contributed by atoms with Gasteiger partial charge in [0.05, 0.1) is 24.1 Å². The van der Waals surface area contributed by atoms with E-state index in [0.29, 0.717) is 30.0 Å². The van der Waals surface area contributed by atoms with Crippen molar-refractivity contribution in [2.45, 2.75) is 53.1 Å². The highest BCUT2D eigenvalue weighted by molar-refractivity contribution is 9.10. The molecular formula is C31H32BrN7O2. The van der Waals surface area contributed by atoms with Crippen molar-refractivity contribution >= 4 is 27.5 Å². The Morgan fingerprint density at radius 1 is 1.15 bits per heavy atom. The summed E-state index contributed by atoms with van der Waals surface area (Å²) in [6, 6.07) is 13.3. The minimum absolute atomic E-state index is 0.0509. The molecule has 6 rings (SSSR count). The van der Waals surface area contributed by atoms with Crippen LogP contribution in [0, 0.1) is 12.8 Å². The molecule has 1 aliphatic heterocycles.